The molecule has 0 spiro atoms. The van der Waals surface area contributed by atoms with Crippen LogP contribution in [0.5, 0.6) is 5.75 Å². The van der Waals surface area contributed by atoms with Crippen molar-refractivity contribution in [2.75, 3.05) is 7.11 Å². The Morgan fingerprint density at radius 3 is 2.33 bits per heavy atom. The van der Waals surface area contributed by atoms with Gasteiger partial charge in [-0.25, -0.2) is 8.78 Å². The molecule has 2 nitrogen and oxygen atoms in total. The van der Waals surface area contributed by atoms with Gasteiger partial charge in [0.1, 0.15) is 5.82 Å². The van der Waals surface area contributed by atoms with E-state index in [4.69, 9.17) is 0 Å². The molecule has 0 bridgehead atoms. The molecule has 0 radical (unpaired) electrons. The van der Waals surface area contributed by atoms with Crippen molar-refractivity contribution >= 4 is 0 Å². The van der Waals surface area contributed by atoms with Crippen LogP contribution in [-0.2, 0) is 6.42 Å². The molecule has 1 rings (SSSR count). The predicted octanol–water partition coefficient (Wildman–Crippen LogP) is 2.29. The maximum Gasteiger partial charge on any atom is 0.165 e. The van der Waals surface area contributed by atoms with Gasteiger partial charge in [0.05, 0.1) is 12.7 Å². The lowest BCUT2D eigenvalue weighted by molar-refractivity contribution is 0.0799. The molecule has 1 aromatic rings. The maximum absolute atomic E-state index is 13.4. The summed E-state index contributed by atoms with van der Waals surface area (Å²) in [6.07, 6.45) is 0.0553. The Labute approximate surface area is 87.5 Å². The van der Waals surface area contributed by atoms with Crippen LogP contribution in [0.15, 0.2) is 12.1 Å². The number of hydrogen-bond donors (Lipinski definition) is 1. The zero-order chi connectivity index (χ0) is 11.6. The second kappa shape index (κ2) is 4.14. The van der Waals surface area contributed by atoms with Gasteiger partial charge in [-0.1, -0.05) is 0 Å². The highest BCUT2D eigenvalue weighted by Gasteiger charge is 2.18. The monoisotopic (exact) mass is 216 g/mol. The third kappa shape index (κ3) is 3.16. The van der Waals surface area contributed by atoms with Crippen LogP contribution in [0.1, 0.15) is 19.4 Å². The zero-order valence-corrected chi connectivity index (χ0v) is 8.97. The van der Waals surface area contributed by atoms with Crippen molar-refractivity contribution in [3.8, 4) is 5.75 Å². The smallest absolute Gasteiger partial charge is 0.165 e. The van der Waals surface area contributed by atoms with Gasteiger partial charge >= 0.3 is 0 Å². The normalized spacial score (nSPS) is 11.6. The minimum atomic E-state index is -1.07. The van der Waals surface area contributed by atoms with Gasteiger partial charge in [-0.05, 0) is 25.5 Å². The highest BCUT2D eigenvalue weighted by Crippen LogP contribution is 2.23. The molecule has 0 unspecified atom stereocenters. The summed E-state index contributed by atoms with van der Waals surface area (Å²) >= 11 is 0. The second-order valence-electron chi connectivity index (χ2n) is 4.07. The summed E-state index contributed by atoms with van der Waals surface area (Å²) in [5, 5.41) is 9.49. The predicted molar refractivity (Wildman–Crippen MR) is 52.9 cm³/mol. The molecule has 0 atom stereocenters. The van der Waals surface area contributed by atoms with Crippen LogP contribution >= 0.6 is 0 Å². The van der Waals surface area contributed by atoms with E-state index in [0.717, 1.165) is 12.1 Å². The molecule has 1 aromatic carbocycles. The average molecular weight is 216 g/mol. The Bertz CT molecular complexity index is 356. The molecule has 0 aliphatic rings. The molecule has 4 heteroatoms. The molecule has 0 aromatic heterocycles. The third-order valence-corrected chi connectivity index (χ3v) is 1.94. The fraction of sp³-hybridized carbons (Fsp3) is 0.455. The van der Waals surface area contributed by atoms with Crippen molar-refractivity contribution in [3.63, 3.8) is 0 Å². The van der Waals surface area contributed by atoms with Crippen LogP contribution in [-0.4, -0.2) is 17.8 Å². The summed E-state index contributed by atoms with van der Waals surface area (Å²) in [6, 6.07) is 2.03. The number of rotatable bonds is 3. The lowest BCUT2D eigenvalue weighted by Crippen LogP contribution is -2.22. The van der Waals surface area contributed by atoms with E-state index < -0.39 is 17.2 Å². The number of halogens is 2. The van der Waals surface area contributed by atoms with Crippen LogP contribution < -0.4 is 4.74 Å². The van der Waals surface area contributed by atoms with Crippen molar-refractivity contribution < 1.29 is 18.6 Å². The highest BCUT2D eigenvalue weighted by molar-refractivity contribution is 5.31. The molecule has 0 fully saturated rings. The molecule has 0 saturated carbocycles. The summed E-state index contributed by atoms with van der Waals surface area (Å²) in [4.78, 5) is 0. The second-order valence-corrected chi connectivity index (χ2v) is 4.07. The van der Waals surface area contributed by atoms with Gasteiger partial charge < -0.3 is 9.84 Å². The summed E-state index contributed by atoms with van der Waals surface area (Å²) in [5.41, 5.74) is -0.928. The Morgan fingerprint density at radius 2 is 1.87 bits per heavy atom. The molecular weight excluding hydrogens is 202 g/mol. The lowest BCUT2D eigenvalue weighted by atomic mass is 9.98. The van der Waals surface area contributed by atoms with Crippen molar-refractivity contribution in [1.82, 2.24) is 0 Å². The van der Waals surface area contributed by atoms with Gasteiger partial charge in [0.15, 0.2) is 11.6 Å². The highest BCUT2D eigenvalue weighted by atomic mass is 19.1. The number of hydrogen-bond acceptors (Lipinski definition) is 2. The van der Waals surface area contributed by atoms with Gasteiger partial charge in [-0.3, -0.25) is 0 Å². The van der Waals surface area contributed by atoms with Crippen molar-refractivity contribution in [1.29, 1.82) is 0 Å². The van der Waals surface area contributed by atoms with E-state index in [1.165, 1.54) is 21.0 Å². The minimum Gasteiger partial charge on any atom is -0.494 e. The van der Waals surface area contributed by atoms with Crippen molar-refractivity contribution in [3.05, 3.63) is 29.3 Å². The molecule has 0 amide bonds. The number of aliphatic hydroxyl groups is 1. The molecule has 84 valence electrons. The molecule has 0 heterocycles. The number of benzene rings is 1. The SMILES string of the molecule is COc1cc(F)c(CC(C)(C)O)cc1F. The van der Waals surface area contributed by atoms with Crippen LogP contribution in [0.4, 0.5) is 8.78 Å². The molecule has 0 aliphatic carbocycles. The summed E-state index contributed by atoms with van der Waals surface area (Å²) in [5.74, 6) is -1.33. The first kappa shape index (κ1) is 11.9. The largest absolute Gasteiger partial charge is 0.494 e. The van der Waals surface area contributed by atoms with E-state index in [1.54, 1.807) is 0 Å². The Kier molecular flexibility index (Phi) is 3.29. The molecule has 15 heavy (non-hydrogen) atoms. The topological polar surface area (TPSA) is 29.5 Å². The van der Waals surface area contributed by atoms with Gasteiger partial charge in [0, 0.05) is 12.5 Å². The molecule has 1 N–H and O–H groups in total. The van der Waals surface area contributed by atoms with Crippen molar-refractivity contribution in [2.45, 2.75) is 25.9 Å². The van der Waals surface area contributed by atoms with Gasteiger partial charge in [-0.15, -0.1) is 0 Å². The first-order chi connectivity index (χ1) is 6.83. The maximum atomic E-state index is 13.4. The lowest BCUT2D eigenvalue weighted by Gasteiger charge is -2.17. The van der Waals surface area contributed by atoms with Crippen LogP contribution in [0.3, 0.4) is 0 Å². The number of methoxy groups -OCH3 is 1. The first-order valence-corrected chi connectivity index (χ1v) is 4.58. The average Bonchev–Trinajstić information content (AvgIpc) is 2.08. The Morgan fingerprint density at radius 1 is 1.27 bits per heavy atom. The van der Waals surface area contributed by atoms with Gasteiger partial charge in [0.25, 0.3) is 0 Å². The summed E-state index contributed by atoms with van der Waals surface area (Å²) in [7, 11) is 1.27. The van der Waals surface area contributed by atoms with E-state index in [2.05, 4.69) is 4.74 Å². The molecular formula is C11H14F2O2. The fourth-order valence-electron chi connectivity index (χ4n) is 1.33. The van der Waals surface area contributed by atoms with E-state index >= 15 is 0 Å². The third-order valence-electron chi connectivity index (χ3n) is 1.94. The van der Waals surface area contributed by atoms with E-state index in [-0.39, 0.29) is 17.7 Å². The van der Waals surface area contributed by atoms with E-state index in [9.17, 15) is 13.9 Å². The minimum absolute atomic E-state index is 0.0553. The van der Waals surface area contributed by atoms with E-state index in [1.807, 2.05) is 0 Å². The zero-order valence-electron chi connectivity index (χ0n) is 8.97. The van der Waals surface area contributed by atoms with Gasteiger partial charge in [-0.2, -0.15) is 0 Å². The van der Waals surface area contributed by atoms with Crippen molar-refractivity contribution in [2.24, 2.45) is 0 Å². The number of ether oxygens (including phenoxy) is 1. The van der Waals surface area contributed by atoms with Crippen LogP contribution in [0, 0.1) is 11.6 Å². The summed E-state index contributed by atoms with van der Waals surface area (Å²) in [6.45, 7) is 3.07. The van der Waals surface area contributed by atoms with Crippen LogP contribution in [0.2, 0.25) is 0 Å². The Balaban J connectivity index is 3.05. The quantitative estimate of drug-likeness (QED) is 0.840. The Hall–Kier alpha value is -1.16. The van der Waals surface area contributed by atoms with Gasteiger partial charge in [0.2, 0.25) is 0 Å². The molecule has 0 saturated heterocycles. The standard InChI is InChI=1S/C11H14F2O2/c1-11(2,14)6-7-4-9(13)10(15-3)5-8(7)12/h4-5,14H,6H2,1-3H3. The van der Waals surface area contributed by atoms with Crippen LogP contribution in [0.25, 0.3) is 0 Å². The summed E-state index contributed by atoms with van der Waals surface area (Å²) < 4.78 is 31.3. The molecule has 0 aliphatic heterocycles. The fourth-order valence-corrected chi connectivity index (χ4v) is 1.33. The first-order valence-electron chi connectivity index (χ1n) is 4.58. The van der Waals surface area contributed by atoms with E-state index in [0.29, 0.717) is 0 Å².